The number of thiazole rings is 2. The SMILES string of the molecule is Cc1ccc(-c2ncc(-c3cnc(C)s3)s2)s1. The average molecular weight is 278 g/mol. The molecule has 0 aliphatic carbocycles. The van der Waals surface area contributed by atoms with Crippen molar-refractivity contribution in [1.82, 2.24) is 9.97 Å². The van der Waals surface area contributed by atoms with E-state index in [0.717, 1.165) is 10.0 Å². The van der Waals surface area contributed by atoms with Crippen LogP contribution in [0.3, 0.4) is 0 Å². The summed E-state index contributed by atoms with van der Waals surface area (Å²) < 4.78 is 0. The van der Waals surface area contributed by atoms with E-state index in [1.165, 1.54) is 19.5 Å². The summed E-state index contributed by atoms with van der Waals surface area (Å²) in [5, 5.41) is 2.20. The number of hydrogen-bond donors (Lipinski definition) is 0. The quantitative estimate of drug-likeness (QED) is 0.684. The predicted molar refractivity (Wildman–Crippen MR) is 76.0 cm³/mol. The van der Waals surface area contributed by atoms with Crippen molar-refractivity contribution in [1.29, 1.82) is 0 Å². The van der Waals surface area contributed by atoms with Gasteiger partial charge in [0.1, 0.15) is 5.01 Å². The molecule has 86 valence electrons. The van der Waals surface area contributed by atoms with Crippen molar-refractivity contribution in [3.63, 3.8) is 0 Å². The van der Waals surface area contributed by atoms with E-state index in [1.807, 2.05) is 19.3 Å². The van der Waals surface area contributed by atoms with Gasteiger partial charge in [-0.2, -0.15) is 0 Å². The molecule has 2 nitrogen and oxygen atoms in total. The van der Waals surface area contributed by atoms with Crippen molar-refractivity contribution in [2.45, 2.75) is 13.8 Å². The van der Waals surface area contributed by atoms with Gasteiger partial charge in [-0.1, -0.05) is 0 Å². The van der Waals surface area contributed by atoms with Crippen LogP contribution in [0.1, 0.15) is 9.88 Å². The monoisotopic (exact) mass is 278 g/mol. The second kappa shape index (κ2) is 4.33. The van der Waals surface area contributed by atoms with Gasteiger partial charge in [-0.15, -0.1) is 34.0 Å². The first-order valence-electron chi connectivity index (χ1n) is 5.18. The highest BCUT2D eigenvalue weighted by molar-refractivity contribution is 7.26. The van der Waals surface area contributed by atoms with Gasteiger partial charge >= 0.3 is 0 Å². The van der Waals surface area contributed by atoms with Gasteiger partial charge in [0.15, 0.2) is 0 Å². The minimum Gasteiger partial charge on any atom is -0.249 e. The first kappa shape index (κ1) is 11.1. The van der Waals surface area contributed by atoms with Crippen LogP contribution >= 0.6 is 34.0 Å². The second-order valence-corrected chi connectivity index (χ2v) is 7.24. The van der Waals surface area contributed by atoms with E-state index in [0.29, 0.717) is 0 Å². The van der Waals surface area contributed by atoms with Crippen LogP contribution in [0, 0.1) is 13.8 Å². The molecule has 0 unspecified atom stereocenters. The van der Waals surface area contributed by atoms with Crippen LogP contribution in [0.4, 0.5) is 0 Å². The first-order valence-corrected chi connectivity index (χ1v) is 7.63. The van der Waals surface area contributed by atoms with Crippen LogP contribution in [0.25, 0.3) is 19.6 Å². The van der Waals surface area contributed by atoms with Gasteiger partial charge in [-0.3, -0.25) is 0 Å². The predicted octanol–water partition coefficient (Wildman–Crippen LogP) is 4.61. The van der Waals surface area contributed by atoms with Gasteiger partial charge in [0, 0.05) is 17.3 Å². The number of aromatic nitrogens is 2. The second-order valence-electron chi connectivity index (χ2n) is 3.68. The van der Waals surface area contributed by atoms with Crippen LogP contribution in [0.15, 0.2) is 24.5 Å². The summed E-state index contributed by atoms with van der Waals surface area (Å²) in [5.74, 6) is 0. The molecule has 3 rings (SSSR count). The smallest absolute Gasteiger partial charge is 0.133 e. The van der Waals surface area contributed by atoms with Gasteiger partial charge in [-0.25, -0.2) is 9.97 Å². The fourth-order valence-corrected chi connectivity index (χ4v) is 4.21. The van der Waals surface area contributed by atoms with Crippen molar-refractivity contribution in [3.05, 3.63) is 34.4 Å². The lowest BCUT2D eigenvalue weighted by atomic mass is 10.4. The largest absolute Gasteiger partial charge is 0.249 e. The van der Waals surface area contributed by atoms with Gasteiger partial charge < -0.3 is 0 Å². The van der Waals surface area contributed by atoms with Crippen molar-refractivity contribution >= 4 is 34.0 Å². The number of aryl methyl sites for hydroxylation is 2. The molecule has 0 spiro atoms. The molecular weight excluding hydrogens is 268 g/mol. The fraction of sp³-hybridized carbons (Fsp3) is 0.167. The molecule has 17 heavy (non-hydrogen) atoms. The minimum atomic E-state index is 1.10. The van der Waals surface area contributed by atoms with Gasteiger partial charge in [0.25, 0.3) is 0 Å². The summed E-state index contributed by atoms with van der Waals surface area (Å²) in [6.45, 7) is 4.15. The summed E-state index contributed by atoms with van der Waals surface area (Å²) >= 11 is 5.24. The lowest BCUT2D eigenvalue weighted by Gasteiger charge is -1.87. The third kappa shape index (κ3) is 2.18. The molecule has 5 heteroatoms. The van der Waals surface area contributed by atoms with Crippen molar-refractivity contribution in [3.8, 4) is 19.6 Å². The summed E-state index contributed by atoms with van der Waals surface area (Å²) in [7, 11) is 0. The minimum absolute atomic E-state index is 1.10. The molecule has 0 aromatic carbocycles. The molecule has 0 saturated carbocycles. The van der Waals surface area contributed by atoms with Crippen LogP contribution < -0.4 is 0 Å². The zero-order chi connectivity index (χ0) is 11.8. The third-order valence-electron chi connectivity index (χ3n) is 2.32. The summed E-state index contributed by atoms with van der Waals surface area (Å²) in [5.41, 5.74) is 0. The summed E-state index contributed by atoms with van der Waals surface area (Å²) in [6, 6.07) is 4.28. The van der Waals surface area contributed by atoms with Gasteiger partial charge in [-0.05, 0) is 26.0 Å². The Balaban J connectivity index is 1.98. The highest BCUT2D eigenvalue weighted by Gasteiger charge is 2.09. The van der Waals surface area contributed by atoms with Crippen LogP contribution in [0.5, 0.6) is 0 Å². The maximum atomic E-state index is 4.49. The van der Waals surface area contributed by atoms with Gasteiger partial charge in [0.2, 0.25) is 0 Å². The Morgan fingerprint density at radius 1 is 0.824 bits per heavy atom. The highest BCUT2D eigenvalue weighted by Crippen LogP contribution is 2.37. The molecule has 3 aromatic heterocycles. The fourth-order valence-electron chi connectivity index (χ4n) is 1.53. The Morgan fingerprint density at radius 2 is 1.59 bits per heavy atom. The first-order chi connectivity index (χ1) is 8.22. The van der Waals surface area contributed by atoms with E-state index in [9.17, 15) is 0 Å². The van der Waals surface area contributed by atoms with E-state index in [2.05, 4.69) is 29.0 Å². The van der Waals surface area contributed by atoms with Crippen LogP contribution in [0.2, 0.25) is 0 Å². The van der Waals surface area contributed by atoms with Crippen molar-refractivity contribution in [2.24, 2.45) is 0 Å². The molecule has 0 N–H and O–H groups in total. The molecule has 3 aromatic rings. The molecule has 0 fully saturated rings. The van der Waals surface area contributed by atoms with Crippen LogP contribution in [-0.4, -0.2) is 9.97 Å². The maximum Gasteiger partial charge on any atom is 0.133 e. The molecular formula is C12H10N2S3. The molecule has 0 saturated heterocycles. The Morgan fingerprint density at radius 3 is 2.24 bits per heavy atom. The lowest BCUT2D eigenvalue weighted by molar-refractivity contribution is 1.30. The Hall–Kier alpha value is -1.04. The Bertz CT molecular complexity index is 593. The zero-order valence-electron chi connectivity index (χ0n) is 9.43. The van der Waals surface area contributed by atoms with Crippen molar-refractivity contribution < 1.29 is 0 Å². The average Bonchev–Trinajstić information content (AvgIpc) is 2.96. The summed E-state index contributed by atoms with van der Waals surface area (Å²) in [6.07, 6.45) is 3.87. The van der Waals surface area contributed by atoms with E-state index < -0.39 is 0 Å². The molecule has 0 amide bonds. The van der Waals surface area contributed by atoms with Crippen LogP contribution in [-0.2, 0) is 0 Å². The molecule has 0 aliphatic heterocycles. The Labute approximate surface area is 112 Å². The van der Waals surface area contributed by atoms with Crippen molar-refractivity contribution in [2.75, 3.05) is 0 Å². The zero-order valence-corrected chi connectivity index (χ0v) is 11.9. The Kier molecular flexibility index (Phi) is 2.82. The van der Waals surface area contributed by atoms with Gasteiger partial charge in [0.05, 0.1) is 19.6 Å². The lowest BCUT2D eigenvalue weighted by Crippen LogP contribution is -1.63. The molecule has 3 heterocycles. The number of nitrogens with zero attached hydrogens (tertiary/aromatic N) is 2. The maximum absolute atomic E-state index is 4.49. The number of rotatable bonds is 2. The van der Waals surface area contributed by atoms with E-state index in [-0.39, 0.29) is 0 Å². The normalized spacial score (nSPS) is 10.9. The standard InChI is InChI=1S/C12H10N2S3/c1-7-3-4-9(15-7)12-14-6-11(17-12)10-5-13-8(2)16-10/h3-6H,1-2H3. The van der Waals surface area contributed by atoms with E-state index in [1.54, 1.807) is 34.0 Å². The topological polar surface area (TPSA) is 25.8 Å². The van der Waals surface area contributed by atoms with E-state index in [4.69, 9.17) is 0 Å². The van der Waals surface area contributed by atoms with E-state index >= 15 is 0 Å². The molecule has 0 radical (unpaired) electrons. The number of thiophene rings is 1. The molecule has 0 bridgehead atoms. The molecule has 0 atom stereocenters. The highest BCUT2D eigenvalue weighted by atomic mass is 32.1. The third-order valence-corrected chi connectivity index (χ3v) is 5.60. The summed E-state index contributed by atoms with van der Waals surface area (Å²) in [4.78, 5) is 13.8. The number of hydrogen-bond acceptors (Lipinski definition) is 5. The molecule has 0 aliphatic rings.